The molecule has 0 radical (unpaired) electrons. The summed E-state index contributed by atoms with van der Waals surface area (Å²) in [6.45, 7) is 0.500. The van der Waals surface area contributed by atoms with E-state index in [1.807, 2.05) is 24.3 Å². The number of carbonyl (C=O) groups excluding carboxylic acids is 1. The molecular weight excluding hydrogens is 252 g/mol. The predicted molar refractivity (Wildman–Crippen MR) is 71.7 cm³/mol. The summed E-state index contributed by atoms with van der Waals surface area (Å²) in [5.74, 6) is 0.618. The Labute approximate surface area is 110 Å². The number of amides is 1. The molecule has 1 amide bonds. The molecule has 0 aliphatic heterocycles. The SMILES string of the molecule is CNC(=O)CCNc1nnc(Cl)c2ccccc12. The molecule has 18 heavy (non-hydrogen) atoms. The number of anilines is 1. The fourth-order valence-electron chi connectivity index (χ4n) is 1.62. The summed E-state index contributed by atoms with van der Waals surface area (Å²) in [4.78, 5) is 11.1. The van der Waals surface area contributed by atoms with Crippen LogP contribution in [0.3, 0.4) is 0 Å². The van der Waals surface area contributed by atoms with Gasteiger partial charge in [0.1, 0.15) is 0 Å². The van der Waals surface area contributed by atoms with E-state index in [-0.39, 0.29) is 5.91 Å². The van der Waals surface area contributed by atoms with Crippen molar-refractivity contribution in [1.82, 2.24) is 15.5 Å². The van der Waals surface area contributed by atoms with E-state index in [2.05, 4.69) is 20.8 Å². The lowest BCUT2D eigenvalue weighted by Crippen LogP contribution is -2.21. The van der Waals surface area contributed by atoms with Crippen molar-refractivity contribution in [3.8, 4) is 0 Å². The highest BCUT2D eigenvalue weighted by molar-refractivity contribution is 6.34. The number of nitrogens with one attached hydrogen (secondary N) is 2. The Balaban J connectivity index is 2.18. The van der Waals surface area contributed by atoms with Crippen molar-refractivity contribution < 1.29 is 4.79 Å². The van der Waals surface area contributed by atoms with E-state index in [1.54, 1.807) is 7.05 Å². The molecule has 0 aliphatic carbocycles. The highest BCUT2D eigenvalue weighted by atomic mass is 35.5. The zero-order valence-corrected chi connectivity index (χ0v) is 10.7. The number of halogens is 1. The molecule has 0 saturated heterocycles. The van der Waals surface area contributed by atoms with Crippen molar-refractivity contribution in [1.29, 1.82) is 0 Å². The fourth-order valence-corrected chi connectivity index (χ4v) is 1.82. The Bertz CT molecular complexity index is 573. The maximum atomic E-state index is 11.1. The highest BCUT2D eigenvalue weighted by Crippen LogP contribution is 2.25. The van der Waals surface area contributed by atoms with E-state index in [0.717, 1.165) is 10.8 Å². The van der Waals surface area contributed by atoms with E-state index in [0.29, 0.717) is 23.9 Å². The Morgan fingerprint density at radius 3 is 2.72 bits per heavy atom. The number of fused-ring (bicyclic) bond motifs is 1. The smallest absolute Gasteiger partial charge is 0.221 e. The Morgan fingerprint density at radius 1 is 1.28 bits per heavy atom. The second-order valence-electron chi connectivity index (χ2n) is 3.73. The summed E-state index contributed by atoms with van der Waals surface area (Å²) < 4.78 is 0. The van der Waals surface area contributed by atoms with E-state index < -0.39 is 0 Å². The van der Waals surface area contributed by atoms with Crippen LogP contribution in [0.25, 0.3) is 10.8 Å². The average Bonchev–Trinajstić information content (AvgIpc) is 2.41. The van der Waals surface area contributed by atoms with Gasteiger partial charge < -0.3 is 10.6 Å². The Morgan fingerprint density at radius 2 is 2.00 bits per heavy atom. The standard InChI is InChI=1S/C12H13ClN4O/c1-14-10(18)6-7-15-12-9-5-3-2-4-8(9)11(13)16-17-12/h2-5H,6-7H2,1H3,(H,14,18)(H,15,17). The van der Waals surface area contributed by atoms with Crippen molar-refractivity contribution in [2.75, 3.05) is 18.9 Å². The molecule has 0 aliphatic rings. The van der Waals surface area contributed by atoms with E-state index in [1.165, 1.54) is 0 Å². The van der Waals surface area contributed by atoms with Gasteiger partial charge in [-0.15, -0.1) is 10.2 Å². The molecule has 1 aromatic heterocycles. The molecule has 94 valence electrons. The van der Waals surface area contributed by atoms with Crippen LogP contribution in [0.5, 0.6) is 0 Å². The third kappa shape index (κ3) is 2.68. The van der Waals surface area contributed by atoms with Crippen molar-refractivity contribution in [2.45, 2.75) is 6.42 Å². The maximum Gasteiger partial charge on any atom is 0.221 e. The lowest BCUT2D eigenvalue weighted by molar-refractivity contribution is -0.120. The third-order valence-electron chi connectivity index (χ3n) is 2.57. The molecular formula is C12H13ClN4O. The van der Waals surface area contributed by atoms with Crippen LogP contribution in [0.2, 0.25) is 5.15 Å². The number of hydrogen-bond donors (Lipinski definition) is 2. The third-order valence-corrected chi connectivity index (χ3v) is 2.84. The van der Waals surface area contributed by atoms with Crippen molar-refractivity contribution in [3.63, 3.8) is 0 Å². The second-order valence-corrected chi connectivity index (χ2v) is 4.09. The lowest BCUT2D eigenvalue weighted by Gasteiger charge is -2.08. The van der Waals surface area contributed by atoms with E-state index >= 15 is 0 Å². The van der Waals surface area contributed by atoms with Crippen LogP contribution in [-0.4, -0.2) is 29.7 Å². The summed E-state index contributed by atoms with van der Waals surface area (Å²) in [6, 6.07) is 7.60. The van der Waals surface area contributed by atoms with E-state index in [9.17, 15) is 4.79 Å². The van der Waals surface area contributed by atoms with Gasteiger partial charge in [0.2, 0.25) is 5.91 Å². The molecule has 6 heteroatoms. The molecule has 1 aromatic carbocycles. The molecule has 0 fully saturated rings. The van der Waals surface area contributed by atoms with Gasteiger partial charge >= 0.3 is 0 Å². The van der Waals surface area contributed by atoms with Crippen molar-refractivity contribution in [2.24, 2.45) is 0 Å². The topological polar surface area (TPSA) is 66.9 Å². The minimum Gasteiger partial charge on any atom is -0.368 e. The maximum absolute atomic E-state index is 11.1. The van der Waals surface area contributed by atoms with Gasteiger partial charge in [0.05, 0.1) is 0 Å². The first-order valence-corrected chi connectivity index (χ1v) is 5.95. The normalized spacial score (nSPS) is 10.3. The van der Waals surface area contributed by atoms with Gasteiger partial charge in [0, 0.05) is 30.8 Å². The average molecular weight is 265 g/mol. The largest absolute Gasteiger partial charge is 0.368 e. The van der Waals surface area contributed by atoms with Gasteiger partial charge in [0.25, 0.3) is 0 Å². The Hall–Kier alpha value is -1.88. The summed E-state index contributed by atoms with van der Waals surface area (Å²) in [6.07, 6.45) is 0.384. The summed E-state index contributed by atoms with van der Waals surface area (Å²) >= 11 is 5.97. The summed E-state index contributed by atoms with van der Waals surface area (Å²) in [7, 11) is 1.61. The molecule has 2 N–H and O–H groups in total. The molecule has 0 atom stereocenters. The number of hydrogen-bond acceptors (Lipinski definition) is 4. The van der Waals surface area contributed by atoms with Crippen LogP contribution in [-0.2, 0) is 4.79 Å². The number of carbonyl (C=O) groups is 1. The van der Waals surface area contributed by atoms with Gasteiger partial charge in [-0.2, -0.15) is 0 Å². The van der Waals surface area contributed by atoms with Crippen LogP contribution < -0.4 is 10.6 Å². The van der Waals surface area contributed by atoms with Crippen LogP contribution in [0.15, 0.2) is 24.3 Å². The summed E-state index contributed by atoms with van der Waals surface area (Å²) in [5.41, 5.74) is 0. The number of rotatable bonds is 4. The van der Waals surface area contributed by atoms with Gasteiger partial charge in [0.15, 0.2) is 11.0 Å². The van der Waals surface area contributed by atoms with Crippen LogP contribution in [0, 0.1) is 0 Å². The fraction of sp³-hybridized carbons (Fsp3) is 0.250. The first-order chi connectivity index (χ1) is 8.72. The molecule has 1 heterocycles. The van der Waals surface area contributed by atoms with E-state index in [4.69, 9.17) is 11.6 Å². The number of nitrogens with zero attached hydrogens (tertiary/aromatic N) is 2. The zero-order chi connectivity index (χ0) is 13.0. The molecule has 0 unspecified atom stereocenters. The van der Waals surface area contributed by atoms with Gasteiger partial charge in [-0.25, -0.2) is 0 Å². The Kier molecular flexibility index (Phi) is 3.94. The number of benzene rings is 1. The minimum absolute atomic E-state index is 0.0197. The van der Waals surface area contributed by atoms with Crippen LogP contribution in [0.4, 0.5) is 5.82 Å². The van der Waals surface area contributed by atoms with Crippen molar-refractivity contribution >= 4 is 34.1 Å². The molecule has 0 spiro atoms. The molecule has 2 rings (SSSR count). The minimum atomic E-state index is -0.0197. The van der Waals surface area contributed by atoms with Crippen LogP contribution in [0.1, 0.15) is 6.42 Å². The van der Waals surface area contributed by atoms with Gasteiger partial charge in [-0.05, 0) is 0 Å². The van der Waals surface area contributed by atoms with Gasteiger partial charge in [-0.3, -0.25) is 4.79 Å². The zero-order valence-electron chi connectivity index (χ0n) is 9.90. The summed E-state index contributed by atoms with van der Waals surface area (Å²) in [5, 5.41) is 15.6. The van der Waals surface area contributed by atoms with Crippen molar-refractivity contribution in [3.05, 3.63) is 29.4 Å². The van der Waals surface area contributed by atoms with Crippen LogP contribution >= 0.6 is 11.6 Å². The first kappa shape index (κ1) is 12.6. The van der Waals surface area contributed by atoms with Gasteiger partial charge in [-0.1, -0.05) is 35.9 Å². The molecule has 0 bridgehead atoms. The lowest BCUT2D eigenvalue weighted by atomic mass is 10.2. The quantitative estimate of drug-likeness (QED) is 0.884. The molecule has 2 aromatic rings. The first-order valence-electron chi connectivity index (χ1n) is 5.57. The predicted octanol–water partition coefficient (Wildman–Crippen LogP) is 1.83. The number of aromatic nitrogens is 2. The molecule has 0 saturated carbocycles. The molecule has 5 nitrogen and oxygen atoms in total. The highest BCUT2D eigenvalue weighted by Gasteiger charge is 2.07. The second kappa shape index (κ2) is 5.64. The monoisotopic (exact) mass is 264 g/mol.